The van der Waals surface area contributed by atoms with Crippen LogP contribution in [0, 0.1) is 11.3 Å². The number of carbonyl (C=O) groups is 1. The largest absolute Gasteiger partial charge is 0.339 e. The second kappa shape index (κ2) is 4.75. The molecule has 0 spiro atoms. The zero-order valence-electron chi connectivity index (χ0n) is 9.74. The molecule has 0 bridgehead atoms. The molecule has 1 aromatic rings. The lowest BCUT2D eigenvalue weighted by Crippen LogP contribution is -2.24. The molecular weight excluding hydrogens is 202 g/mol. The molecule has 0 atom stereocenters. The molecule has 1 aromatic heterocycles. The van der Waals surface area contributed by atoms with Crippen LogP contribution in [0.4, 0.5) is 0 Å². The summed E-state index contributed by atoms with van der Waals surface area (Å²) in [5.41, 5.74) is 1.30. The van der Waals surface area contributed by atoms with Crippen LogP contribution in [0.15, 0.2) is 18.3 Å². The van der Waals surface area contributed by atoms with Gasteiger partial charge < -0.3 is 5.32 Å². The molecule has 0 aromatic carbocycles. The first-order valence-corrected chi connectivity index (χ1v) is 5.07. The van der Waals surface area contributed by atoms with Crippen molar-refractivity contribution in [2.24, 2.45) is 0 Å². The van der Waals surface area contributed by atoms with Gasteiger partial charge in [0.1, 0.15) is 6.54 Å². The molecule has 0 aliphatic heterocycles. The van der Waals surface area contributed by atoms with Crippen LogP contribution in [0.1, 0.15) is 36.8 Å². The minimum Gasteiger partial charge on any atom is -0.339 e. The molecule has 1 amide bonds. The Morgan fingerprint density at radius 2 is 2.25 bits per heavy atom. The van der Waals surface area contributed by atoms with Crippen LogP contribution < -0.4 is 5.32 Å². The van der Waals surface area contributed by atoms with E-state index in [9.17, 15) is 4.79 Å². The second-order valence-corrected chi connectivity index (χ2v) is 4.52. The van der Waals surface area contributed by atoms with E-state index in [2.05, 4.69) is 10.3 Å². The first-order chi connectivity index (χ1) is 7.45. The fraction of sp³-hybridized carbons (Fsp3) is 0.417. The zero-order chi connectivity index (χ0) is 12.2. The number of aromatic nitrogens is 1. The Morgan fingerprint density at radius 1 is 1.56 bits per heavy atom. The van der Waals surface area contributed by atoms with Crippen molar-refractivity contribution >= 4 is 5.91 Å². The van der Waals surface area contributed by atoms with Crippen molar-refractivity contribution in [3.8, 4) is 6.07 Å². The molecule has 16 heavy (non-hydrogen) atoms. The maximum atomic E-state index is 11.6. The lowest BCUT2D eigenvalue weighted by molar-refractivity contribution is 0.0958. The summed E-state index contributed by atoms with van der Waals surface area (Å²) in [5, 5.41) is 10.9. The number of nitrogens with one attached hydrogen (secondary N) is 1. The van der Waals surface area contributed by atoms with Crippen LogP contribution >= 0.6 is 0 Å². The smallest absolute Gasteiger partial charge is 0.252 e. The summed E-state index contributed by atoms with van der Waals surface area (Å²) in [6.45, 7) is 6.12. The minimum absolute atomic E-state index is 0.0198. The van der Waals surface area contributed by atoms with Gasteiger partial charge in [-0.1, -0.05) is 20.8 Å². The standard InChI is InChI=1S/C12H15N3O/c1-12(2,3)10-8-9(4-6-14-10)11(16)15-7-5-13/h4,6,8H,7H2,1-3H3,(H,15,16). The number of nitrogens with zero attached hydrogens (tertiary/aromatic N) is 2. The van der Waals surface area contributed by atoms with Gasteiger partial charge in [-0.15, -0.1) is 0 Å². The number of nitriles is 1. The third kappa shape index (κ3) is 3.06. The number of amides is 1. The second-order valence-electron chi connectivity index (χ2n) is 4.52. The van der Waals surface area contributed by atoms with Crippen molar-refractivity contribution in [1.82, 2.24) is 10.3 Å². The van der Waals surface area contributed by atoms with E-state index < -0.39 is 0 Å². The molecule has 1 N–H and O–H groups in total. The summed E-state index contributed by atoms with van der Waals surface area (Å²) >= 11 is 0. The molecule has 1 heterocycles. The summed E-state index contributed by atoms with van der Waals surface area (Å²) < 4.78 is 0. The molecule has 4 nitrogen and oxygen atoms in total. The SMILES string of the molecule is CC(C)(C)c1cc(C(=O)NCC#N)ccn1. The zero-order valence-corrected chi connectivity index (χ0v) is 9.74. The van der Waals surface area contributed by atoms with E-state index in [0.29, 0.717) is 5.56 Å². The van der Waals surface area contributed by atoms with Crippen LogP contribution in [-0.2, 0) is 5.41 Å². The van der Waals surface area contributed by atoms with Gasteiger partial charge in [-0.2, -0.15) is 5.26 Å². The highest BCUT2D eigenvalue weighted by atomic mass is 16.1. The van der Waals surface area contributed by atoms with Crippen LogP contribution in [0.5, 0.6) is 0 Å². The summed E-state index contributed by atoms with van der Waals surface area (Å²) in [5.74, 6) is -0.241. The minimum atomic E-state index is -0.241. The van der Waals surface area contributed by atoms with Gasteiger partial charge in [0.05, 0.1) is 6.07 Å². The fourth-order valence-electron chi connectivity index (χ4n) is 1.20. The summed E-state index contributed by atoms with van der Waals surface area (Å²) in [6.07, 6.45) is 1.61. The molecule has 0 radical (unpaired) electrons. The molecule has 0 saturated carbocycles. The average Bonchev–Trinajstić information content (AvgIpc) is 2.25. The quantitative estimate of drug-likeness (QED) is 0.766. The monoisotopic (exact) mass is 217 g/mol. The first-order valence-electron chi connectivity index (χ1n) is 5.07. The molecule has 0 saturated heterocycles. The third-order valence-corrected chi connectivity index (χ3v) is 2.12. The molecule has 0 unspecified atom stereocenters. The molecule has 1 rings (SSSR count). The number of rotatable bonds is 2. The Labute approximate surface area is 95.3 Å². The fourth-order valence-corrected chi connectivity index (χ4v) is 1.20. The molecule has 4 heteroatoms. The Kier molecular flexibility index (Phi) is 3.62. The summed E-state index contributed by atoms with van der Waals surface area (Å²) in [6, 6.07) is 5.26. The summed E-state index contributed by atoms with van der Waals surface area (Å²) in [7, 11) is 0. The van der Waals surface area contributed by atoms with E-state index in [1.165, 1.54) is 0 Å². The lowest BCUT2D eigenvalue weighted by atomic mass is 9.91. The van der Waals surface area contributed by atoms with Crippen LogP contribution in [0.25, 0.3) is 0 Å². The Hall–Kier alpha value is -1.89. The van der Waals surface area contributed by atoms with Gasteiger partial charge in [0.15, 0.2) is 0 Å². The topological polar surface area (TPSA) is 65.8 Å². The van der Waals surface area contributed by atoms with Gasteiger partial charge in [-0.3, -0.25) is 9.78 Å². The van der Waals surface area contributed by atoms with Gasteiger partial charge >= 0.3 is 0 Å². The van der Waals surface area contributed by atoms with Crippen molar-refractivity contribution in [2.45, 2.75) is 26.2 Å². The van der Waals surface area contributed by atoms with E-state index in [-0.39, 0.29) is 17.9 Å². The van der Waals surface area contributed by atoms with E-state index in [1.54, 1.807) is 18.3 Å². The normalized spacial score (nSPS) is 10.6. The van der Waals surface area contributed by atoms with E-state index >= 15 is 0 Å². The highest BCUT2D eigenvalue weighted by molar-refractivity contribution is 5.94. The average molecular weight is 217 g/mol. The predicted molar refractivity (Wildman–Crippen MR) is 60.9 cm³/mol. The van der Waals surface area contributed by atoms with Crippen molar-refractivity contribution in [1.29, 1.82) is 5.26 Å². The van der Waals surface area contributed by atoms with Crippen molar-refractivity contribution in [3.05, 3.63) is 29.6 Å². The Balaban J connectivity index is 2.91. The highest BCUT2D eigenvalue weighted by Gasteiger charge is 2.16. The van der Waals surface area contributed by atoms with Crippen molar-refractivity contribution < 1.29 is 4.79 Å². The lowest BCUT2D eigenvalue weighted by Gasteiger charge is -2.17. The van der Waals surface area contributed by atoms with Gasteiger partial charge in [-0.25, -0.2) is 0 Å². The van der Waals surface area contributed by atoms with Gasteiger partial charge in [0.25, 0.3) is 5.91 Å². The first kappa shape index (κ1) is 12.2. The van der Waals surface area contributed by atoms with Gasteiger partial charge in [-0.05, 0) is 12.1 Å². The van der Waals surface area contributed by atoms with E-state index in [0.717, 1.165) is 5.69 Å². The maximum absolute atomic E-state index is 11.6. The maximum Gasteiger partial charge on any atom is 0.252 e. The molecule has 0 aliphatic carbocycles. The number of hydrogen-bond donors (Lipinski definition) is 1. The van der Waals surface area contributed by atoms with Crippen molar-refractivity contribution in [2.75, 3.05) is 6.54 Å². The van der Waals surface area contributed by atoms with Crippen LogP contribution in [0.3, 0.4) is 0 Å². The Bertz CT molecular complexity index is 427. The van der Waals surface area contributed by atoms with E-state index in [4.69, 9.17) is 5.26 Å². The van der Waals surface area contributed by atoms with E-state index in [1.807, 2.05) is 26.8 Å². The Morgan fingerprint density at radius 3 is 2.81 bits per heavy atom. The highest BCUT2D eigenvalue weighted by Crippen LogP contribution is 2.20. The van der Waals surface area contributed by atoms with Gasteiger partial charge in [0, 0.05) is 22.9 Å². The molecule has 84 valence electrons. The third-order valence-electron chi connectivity index (χ3n) is 2.12. The summed E-state index contributed by atoms with van der Waals surface area (Å²) in [4.78, 5) is 15.8. The molecular formula is C12H15N3O. The number of pyridine rings is 1. The van der Waals surface area contributed by atoms with Gasteiger partial charge in [0.2, 0.25) is 0 Å². The predicted octanol–water partition coefficient (Wildman–Crippen LogP) is 1.63. The molecule has 0 fully saturated rings. The van der Waals surface area contributed by atoms with Crippen LogP contribution in [0.2, 0.25) is 0 Å². The van der Waals surface area contributed by atoms with Crippen LogP contribution in [-0.4, -0.2) is 17.4 Å². The number of hydrogen-bond acceptors (Lipinski definition) is 3. The molecule has 0 aliphatic rings. The van der Waals surface area contributed by atoms with Crippen molar-refractivity contribution in [3.63, 3.8) is 0 Å². The number of carbonyl (C=O) groups excluding carboxylic acids is 1.